The molecule has 0 radical (unpaired) electrons. The monoisotopic (exact) mass is 325 g/mol. The van der Waals surface area contributed by atoms with Crippen LogP contribution in [0.1, 0.15) is 23.0 Å². The van der Waals surface area contributed by atoms with E-state index < -0.39 is 0 Å². The average molecular weight is 325 g/mol. The fraction of sp³-hybridized carbons (Fsp3) is 0.278. The summed E-state index contributed by atoms with van der Waals surface area (Å²) in [5.41, 5.74) is 1.57. The van der Waals surface area contributed by atoms with Crippen LogP contribution in [0, 0.1) is 0 Å². The van der Waals surface area contributed by atoms with Gasteiger partial charge in [-0.15, -0.1) is 0 Å². The minimum absolute atomic E-state index is 0.0761. The second-order valence-corrected chi connectivity index (χ2v) is 5.06. The van der Waals surface area contributed by atoms with E-state index in [9.17, 15) is 4.79 Å². The minimum atomic E-state index is -0.0761. The molecule has 0 unspecified atom stereocenters. The molecule has 6 heteroatoms. The quantitative estimate of drug-likeness (QED) is 0.410. The fourth-order valence-corrected chi connectivity index (χ4v) is 2.04. The molecule has 1 aromatic heterocycles. The van der Waals surface area contributed by atoms with Crippen LogP contribution in [-0.2, 0) is 6.54 Å². The largest absolute Gasteiger partial charge is 0.357 e. The van der Waals surface area contributed by atoms with E-state index >= 15 is 0 Å². The van der Waals surface area contributed by atoms with Gasteiger partial charge in [0.15, 0.2) is 5.96 Å². The van der Waals surface area contributed by atoms with Crippen LogP contribution in [0.4, 0.5) is 0 Å². The third kappa shape index (κ3) is 6.08. The molecule has 0 aliphatic carbocycles. The van der Waals surface area contributed by atoms with E-state index in [1.807, 2.05) is 43.3 Å². The van der Waals surface area contributed by atoms with Crippen LogP contribution in [0.2, 0.25) is 0 Å². The zero-order chi connectivity index (χ0) is 17.0. The first-order chi connectivity index (χ1) is 11.8. The number of benzene rings is 1. The molecule has 3 N–H and O–H groups in total. The highest BCUT2D eigenvalue weighted by atomic mass is 16.1. The Morgan fingerprint density at radius 1 is 1.00 bits per heavy atom. The zero-order valence-corrected chi connectivity index (χ0v) is 13.8. The number of aliphatic imine (C=N–C) groups is 1. The van der Waals surface area contributed by atoms with Crippen molar-refractivity contribution < 1.29 is 4.79 Å². The van der Waals surface area contributed by atoms with Gasteiger partial charge >= 0.3 is 0 Å². The van der Waals surface area contributed by atoms with Gasteiger partial charge in [-0.25, -0.2) is 4.99 Å². The number of hydrogen-bond acceptors (Lipinski definition) is 3. The second-order valence-electron chi connectivity index (χ2n) is 5.06. The average Bonchev–Trinajstić information content (AvgIpc) is 2.64. The number of amides is 1. The van der Waals surface area contributed by atoms with E-state index in [0.29, 0.717) is 31.2 Å². The first-order valence-electron chi connectivity index (χ1n) is 8.05. The van der Waals surface area contributed by atoms with E-state index in [0.717, 1.165) is 12.2 Å². The van der Waals surface area contributed by atoms with Gasteiger partial charge in [-0.1, -0.05) is 24.3 Å². The Morgan fingerprint density at radius 2 is 1.75 bits per heavy atom. The Morgan fingerprint density at radius 3 is 2.46 bits per heavy atom. The standard InChI is InChI=1S/C18H23N5O/c1-2-19-18(23-14-16-10-6-7-11-20-16)22-13-12-21-17(24)15-8-4-3-5-9-15/h3-11H,2,12-14H2,1H3,(H,21,24)(H2,19,22,23). The van der Waals surface area contributed by atoms with Gasteiger partial charge in [-0.2, -0.15) is 0 Å². The summed E-state index contributed by atoms with van der Waals surface area (Å²) in [4.78, 5) is 20.7. The Bertz CT molecular complexity index is 643. The normalized spacial score (nSPS) is 11.0. The summed E-state index contributed by atoms with van der Waals surface area (Å²) < 4.78 is 0. The van der Waals surface area contributed by atoms with Gasteiger partial charge in [-0.05, 0) is 31.2 Å². The third-order valence-electron chi connectivity index (χ3n) is 3.21. The first kappa shape index (κ1) is 17.5. The summed E-state index contributed by atoms with van der Waals surface area (Å²) in [5.74, 6) is 0.630. The van der Waals surface area contributed by atoms with Gasteiger partial charge in [-0.3, -0.25) is 9.78 Å². The Kier molecular flexibility index (Phi) is 7.27. The van der Waals surface area contributed by atoms with Gasteiger partial charge in [0.05, 0.1) is 12.2 Å². The second kappa shape index (κ2) is 9.99. The molecule has 0 fully saturated rings. The van der Waals surface area contributed by atoms with Crippen molar-refractivity contribution in [2.45, 2.75) is 13.5 Å². The highest BCUT2D eigenvalue weighted by Gasteiger charge is 2.03. The van der Waals surface area contributed by atoms with Crippen LogP contribution in [-0.4, -0.2) is 36.5 Å². The first-order valence-corrected chi connectivity index (χ1v) is 8.05. The topological polar surface area (TPSA) is 78.4 Å². The summed E-state index contributed by atoms with van der Waals surface area (Å²) in [7, 11) is 0. The summed E-state index contributed by atoms with van der Waals surface area (Å²) in [6.07, 6.45) is 1.75. The van der Waals surface area contributed by atoms with Crippen molar-refractivity contribution in [2.75, 3.05) is 19.6 Å². The van der Waals surface area contributed by atoms with E-state index in [1.165, 1.54) is 0 Å². The van der Waals surface area contributed by atoms with E-state index in [4.69, 9.17) is 0 Å². The fourth-order valence-electron chi connectivity index (χ4n) is 2.04. The number of carbonyl (C=O) groups excluding carboxylic acids is 1. The van der Waals surface area contributed by atoms with Gasteiger partial charge in [0.2, 0.25) is 0 Å². The summed E-state index contributed by atoms with van der Waals surface area (Å²) in [6, 6.07) is 14.9. The van der Waals surface area contributed by atoms with Gasteiger partial charge in [0, 0.05) is 31.4 Å². The molecule has 6 nitrogen and oxygen atoms in total. The summed E-state index contributed by atoms with van der Waals surface area (Å²) >= 11 is 0. The van der Waals surface area contributed by atoms with Crippen LogP contribution in [0.15, 0.2) is 59.7 Å². The highest BCUT2D eigenvalue weighted by Crippen LogP contribution is 1.97. The van der Waals surface area contributed by atoms with Crippen molar-refractivity contribution in [2.24, 2.45) is 4.99 Å². The molecule has 126 valence electrons. The predicted octanol–water partition coefficient (Wildman–Crippen LogP) is 1.57. The molecule has 1 aromatic carbocycles. The number of rotatable bonds is 7. The predicted molar refractivity (Wildman–Crippen MR) is 95.8 cm³/mol. The van der Waals surface area contributed by atoms with Crippen LogP contribution < -0.4 is 16.0 Å². The summed E-state index contributed by atoms with van der Waals surface area (Å²) in [6.45, 7) is 4.39. The van der Waals surface area contributed by atoms with Crippen molar-refractivity contribution in [3.63, 3.8) is 0 Å². The Balaban J connectivity index is 1.76. The Labute approximate surface area is 142 Å². The molecule has 24 heavy (non-hydrogen) atoms. The molecule has 0 aliphatic heterocycles. The lowest BCUT2D eigenvalue weighted by Crippen LogP contribution is -2.41. The molecule has 0 saturated carbocycles. The molecule has 0 atom stereocenters. The Hall–Kier alpha value is -2.89. The maximum Gasteiger partial charge on any atom is 0.251 e. The molecule has 2 rings (SSSR count). The third-order valence-corrected chi connectivity index (χ3v) is 3.21. The van der Waals surface area contributed by atoms with Gasteiger partial charge in [0.1, 0.15) is 0 Å². The lowest BCUT2D eigenvalue weighted by atomic mass is 10.2. The minimum Gasteiger partial charge on any atom is -0.357 e. The number of carbonyl (C=O) groups is 1. The van der Waals surface area contributed by atoms with Crippen LogP contribution in [0.3, 0.4) is 0 Å². The van der Waals surface area contributed by atoms with Crippen LogP contribution in [0.5, 0.6) is 0 Å². The van der Waals surface area contributed by atoms with Crippen molar-refractivity contribution >= 4 is 11.9 Å². The number of pyridine rings is 1. The molecular weight excluding hydrogens is 302 g/mol. The van der Waals surface area contributed by atoms with Crippen LogP contribution >= 0.6 is 0 Å². The number of nitrogens with one attached hydrogen (secondary N) is 3. The number of hydrogen-bond donors (Lipinski definition) is 3. The highest BCUT2D eigenvalue weighted by molar-refractivity contribution is 5.94. The van der Waals surface area contributed by atoms with Crippen molar-refractivity contribution in [3.8, 4) is 0 Å². The zero-order valence-electron chi connectivity index (χ0n) is 13.8. The lowest BCUT2D eigenvalue weighted by molar-refractivity contribution is 0.0954. The number of nitrogens with zero attached hydrogens (tertiary/aromatic N) is 2. The maximum absolute atomic E-state index is 11.9. The molecule has 0 bridgehead atoms. The van der Waals surface area contributed by atoms with Crippen molar-refractivity contribution in [3.05, 3.63) is 66.0 Å². The maximum atomic E-state index is 11.9. The van der Waals surface area contributed by atoms with E-state index in [1.54, 1.807) is 18.3 Å². The molecule has 0 aliphatic rings. The van der Waals surface area contributed by atoms with Gasteiger partial charge < -0.3 is 16.0 Å². The van der Waals surface area contributed by atoms with E-state index in [-0.39, 0.29) is 5.91 Å². The molecule has 2 aromatic rings. The summed E-state index contributed by atoms with van der Waals surface area (Å²) in [5, 5.41) is 9.24. The SMILES string of the molecule is CCNC(=NCc1ccccn1)NCCNC(=O)c1ccccc1. The van der Waals surface area contributed by atoms with Crippen LogP contribution in [0.25, 0.3) is 0 Å². The van der Waals surface area contributed by atoms with Crippen molar-refractivity contribution in [1.29, 1.82) is 0 Å². The van der Waals surface area contributed by atoms with Crippen molar-refractivity contribution in [1.82, 2.24) is 20.9 Å². The van der Waals surface area contributed by atoms with Gasteiger partial charge in [0.25, 0.3) is 5.91 Å². The molecule has 1 heterocycles. The lowest BCUT2D eigenvalue weighted by Gasteiger charge is -2.11. The smallest absolute Gasteiger partial charge is 0.251 e. The molecule has 1 amide bonds. The number of guanidine groups is 1. The molecule has 0 spiro atoms. The number of aromatic nitrogens is 1. The molecular formula is C18H23N5O. The van der Waals surface area contributed by atoms with E-state index in [2.05, 4.69) is 25.9 Å². The molecule has 0 saturated heterocycles.